The van der Waals surface area contributed by atoms with Gasteiger partial charge in [0, 0.05) is 5.38 Å². The van der Waals surface area contributed by atoms with Crippen LogP contribution in [0, 0.1) is 0 Å². The molecule has 0 aliphatic rings. The predicted molar refractivity (Wildman–Crippen MR) is 89.3 cm³/mol. The minimum absolute atomic E-state index is 0.146. The molecule has 0 fully saturated rings. The van der Waals surface area contributed by atoms with Gasteiger partial charge >= 0.3 is 0 Å². The van der Waals surface area contributed by atoms with Gasteiger partial charge in [-0.1, -0.05) is 26.0 Å². The molecule has 1 aromatic heterocycles. The SMILES string of the molecule is CNC(C)(Cc1ccc(OC)cc1)c1nc(C(C)C)cs1. The maximum atomic E-state index is 5.21. The van der Waals surface area contributed by atoms with Gasteiger partial charge in [-0.15, -0.1) is 11.3 Å². The molecule has 0 saturated carbocycles. The molecule has 1 aromatic carbocycles. The Morgan fingerprint density at radius 2 is 1.95 bits per heavy atom. The van der Waals surface area contributed by atoms with Crippen molar-refractivity contribution in [3.8, 4) is 5.75 Å². The monoisotopic (exact) mass is 304 g/mol. The molecule has 21 heavy (non-hydrogen) atoms. The Bertz CT molecular complexity index is 577. The number of ether oxygens (including phenoxy) is 1. The Kier molecular flexibility index (Phi) is 5.01. The van der Waals surface area contributed by atoms with E-state index in [9.17, 15) is 0 Å². The van der Waals surface area contributed by atoms with Crippen molar-refractivity contribution in [3.63, 3.8) is 0 Å². The molecular formula is C17H24N2OS. The van der Waals surface area contributed by atoms with Gasteiger partial charge in [0.05, 0.1) is 18.3 Å². The van der Waals surface area contributed by atoms with E-state index in [4.69, 9.17) is 9.72 Å². The normalized spacial score (nSPS) is 14.2. The van der Waals surface area contributed by atoms with E-state index in [0.717, 1.165) is 17.2 Å². The number of rotatable bonds is 6. The summed E-state index contributed by atoms with van der Waals surface area (Å²) >= 11 is 1.74. The zero-order valence-corrected chi connectivity index (χ0v) is 14.3. The summed E-state index contributed by atoms with van der Waals surface area (Å²) in [6, 6.07) is 8.25. The summed E-state index contributed by atoms with van der Waals surface area (Å²) in [5, 5.41) is 6.75. The van der Waals surface area contributed by atoms with Gasteiger partial charge in [0.2, 0.25) is 0 Å². The molecule has 1 N–H and O–H groups in total. The van der Waals surface area contributed by atoms with Crippen LogP contribution < -0.4 is 10.1 Å². The number of methoxy groups -OCH3 is 1. The van der Waals surface area contributed by atoms with Crippen molar-refractivity contribution in [1.29, 1.82) is 0 Å². The van der Waals surface area contributed by atoms with Crippen molar-refractivity contribution in [1.82, 2.24) is 10.3 Å². The highest BCUT2D eigenvalue weighted by Crippen LogP contribution is 2.30. The Balaban J connectivity index is 2.22. The molecule has 0 radical (unpaired) electrons. The van der Waals surface area contributed by atoms with E-state index in [0.29, 0.717) is 5.92 Å². The Morgan fingerprint density at radius 1 is 1.29 bits per heavy atom. The van der Waals surface area contributed by atoms with E-state index in [2.05, 4.69) is 43.6 Å². The van der Waals surface area contributed by atoms with E-state index >= 15 is 0 Å². The smallest absolute Gasteiger partial charge is 0.118 e. The molecule has 2 aromatic rings. The summed E-state index contributed by atoms with van der Waals surface area (Å²) in [6.45, 7) is 6.57. The van der Waals surface area contributed by atoms with Gasteiger partial charge in [-0.05, 0) is 44.0 Å². The van der Waals surface area contributed by atoms with Crippen molar-refractivity contribution in [2.45, 2.75) is 38.6 Å². The number of aromatic nitrogens is 1. The molecule has 3 nitrogen and oxygen atoms in total. The first-order valence-corrected chi connectivity index (χ1v) is 8.14. The number of benzene rings is 1. The zero-order valence-electron chi connectivity index (χ0n) is 13.4. The molecule has 0 bridgehead atoms. The minimum atomic E-state index is -0.146. The van der Waals surface area contributed by atoms with Crippen LogP contribution >= 0.6 is 11.3 Å². The summed E-state index contributed by atoms with van der Waals surface area (Å²) < 4.78 is 5.21. The summed E-state index contributed by atoms with van der Waals surface area (Å²) in [7, 11) is 3.69. The van der Waals surface area contributed by atoms with E-state index < -0.39 is 0 Å². The quantitative estimate of drug-likeness (QED) is 0.877. The van der Waals surface area contributed by atoms with E-state index in [1.165, 1.54) is 11.3 Å². The molecule has 0 saturated heterocycles. The summed E-state index contributed by atoms with van der Waals surface area (Å²) in [6.07, 6.45) is 0.901. The third-order valence-electron chi connectivity index (χ3n) is 3.85. The van der Waals surface area contributed by atoms with Gasteiger partial charge in [-0.25, -0.2) is 4.98 Å². The molecule has 4 heteroatoms. The minimum Gasteiger partial charge on any atom is -0.497 e. The second kappa shape index (κ2) is 6.58. The molecule has 0 aliphatic carbocycles. The summed E-state index contributed by atoms with van der Waals surface area (Å²) in [5.74, 6) is 1.36. The van der Waals surface area contributed by atoms with Crippen LogP contribution in [-0.2, 0) is 12.0 Å². The van der Waals surface area contributed by atoms with Crippen LogP contribution in [0.5, 0.6) is 5.75 Å². The number of likely N-dealkylation sites (N-methyl/N-ethyl adjacent to an activating group) is 1. The average Bonchev–Trinajstić information content (AvgIpc) is 2.98. The van der Waals surface area contributed by atoms with Crippen molar-refractivity contribution in [3.05, 3.63) is 45.9 Å². The van der Waals surface area contributed by atoms with Crippen molar-refractivity contribution < 1.29 is 4.74 Å². The lowest BCUT2D eigenvalue weighted by atomic mass is 9.93. The van der Waals surface area contributed by atoms with Gasteiger partial charge in [0.15, 0.2) is 0 Å². The largest absolute Gasteiger partial charge is 0.497 e. The zero-order chi connectivity index (χ0) is 15.5. The summed E-state index contributed by atoms with van der Waals surface area (Å²) in [4.78, 5) is 4.81. The first-order chi connectivity index (χ1) is 9.98. The Labute approximate surface area is 131 Å². The topological polar surface area (TPSA) is 34.1 Å². The van der Waals surface area contributed by atoms with E-state index in [1.54, 1.807) is 18.4 Å². The van der Waals surface area contributed by atoms with Crippen LogP contribution in [0.4, 0.5) is 0 Å². The third kappa shape index (κ3) is 3.63. The average molecular weight is 304 g/mol. The predicted octanol–water partition coefficient (Wildman–Crippen LogP) is 3.95. The number of nitrogens with zero attached hydrogens (tertiary/aromatic N) is 1. The number of thiazole rings is 1. The fourth-order valence-electron chi connectivity index (χ4n) is 2.23. The highest BCUT2D eigenvalue weighted by Gasteiger charge is 2.28. The maximum absolute atomic E-state index is 5.21. The second-order valence-electron chi connectivity index (χ2n) is 5.84. The molecule has 0 aliphatic heterocycles. The van der Waals surface area contributed by atoms with Gasteiger partial charge in [0.1, 0.15) is 10.8 Å². The standard InChI is InChI=1S/C17H24N2OS/c1-12(2)15-11-21-16(19-15)17(3,18-4)10-13-6-8-14(20-5)9-7-13/h6-9,11-12,18H,10H2,1-5H3. The van der Waals surface area contributed by atoms with Crippen molar-refractivity contribution in [2.24, 2.45) is 0 Å². The van der Waals surface area contributed by atoms with Crippen LogP contribution in [0.15, 0.2) is 29.6 Å². The number of hydrogen-bond acceptors (Lipinski definition) is 4. The van der Waals surface area contributed by atoms with Crippen LogP contribution in [-0.4, -0.2) is 19.1 Å². The maximum Gasteiger partial charge on any atom is 0.118 e. The molecule has 2 rings (SSSR count). The highest BCUT2D eigenvalue weighted by atomic mass is 32.1. The fourth-order valence-corrected chi connectivity index (χ4v) is 3.38. The molecule has 1 unspecified atom stereocenters. The van der Waals surface area contributed by atoms with Gasteiger partial charge < -0.3 is 10.1 Å². The van der Waals surface area contributed by atoms with Crippen molar-refractivity contribution >= 4 is 11.3 Å². The first-order valence-electron chi connectivity index (χ1n) is 7.26. The van der Waals surface area contributed by atoms with Crippen molar-refractivity contribution in [2.75, 3.05) is 14.2 Å². The third-order valence-corrected chi connectivity index (χ3v) is 4.98. The second-order valence-corrected chi connectivity index (χ2v) is 6.70. The molecule has 1 atom stereocenters. The highest BCUT2D eigenvalue weighted by molar-refractivity contribution is 7.09. The Morgan fingerprint density at radius 3 is 2.43 bits per heavy atom. The Hall–Kier alpha value is -1.39. The van der Waals surface area contributed by atoms with E-state index in [-0.39, 0.29) is 5.54 Å². The number of hydrogen-bond donors (Lipinski definition) is 1. The van der Waals surface area contributed by atoms with Gasteiger partial charge in [-0.3, -0.25) is 0 Å². The van der Waals surface area contributed by atoms with Crippen LogP contribution in [0.25, 0.3) is 0 Å². The van der Waals surface area contributed by atoms with Crippen LogP contribution in [0.3, 0.4) is 0 Å². The molecule has 114 valence electrons. The van der Waals surface area contributed by atoms with Crippen LogP contribution in [0.2, 0.25) is 0 Å². The molecule has 0 amide bonds. The number of nitrogens with one attached hydrogen (secondary N) is 1. The lowest BCUT2D eigenvalue weighted by molar-refractivity contribution is 0.393. The lowest BCUT2D eigenvalue weighted by Crippen LogP contribution is -2.39. The molecular weight excluding hydrogens is 280 g/mol. The fraction of sp³-hybridized carbons (Fsp3) is 0.471. The molecule has 1 heterocycles. The van der Waals surface area contributed by atoms with Crippen LogP contribution in [0.1, 0.15) is 43.0 Å². The first kappa shape index (κ1) is 16.0. The van der Waals surface area contributed by atoms with Gasteiger partial charge in [-0.2, -0.15) is 0 Å². The van der Waals surface area contributed by atoms with Gasteiger partial charge in [0.25, 0.3) is 0 Å². The molecule has 0 spiro atoms. The summed E-state index contributed by atoms with van der Waals surface area (Å²) in [5.41, 5.74) is 2.30. The van der Waals surface area contributed by atoms with E-state index in [1.807, 2.05) is 19.2 Å². The lowest BCUT2D eigenvalue weighted by Gasteiger charge is -2.27.